The molecule has 2 N–H and O–H groups in total. The fourth-order valence-electron chi connectivity index (χ4n) is 2.37. The summed E-state index contributed by atoms with van der Waals surface area (Å²) in [6.45, 7) is 5.23. The second kappa shape index (κ2) is 5.57. The SMILES string of the molecule is CN1CCC(C)(CNc2cnccc2C(=O)O)CC1. The van der Waals surface area contributed by atoms with Crippen LogP contribution in [0.1, 0.15) is 30.1 Å². The van der Waals surface area contributed by atoms with Crippen molar-refractivity contribution in [3.8, 4) is 0 Å². The summed E-state index contributed by atoms with van der Waals surface area (Å²) in [5, 5.41) is 12.4. The van der Waals surface area contributed by atoms with Crippen LogP contribution in [0.25, 0.3) is 0 Å². The zero-order valence-electron chi connectivity index (χ0n) is 11.5. The summed E-state index contributed by atoms with van der Waals surface area (Å²) in [5.41, 5.74) is 1.11. The molecular formula is C14H21N3O2. The number of likely N-dealkylation sites (tertiary alicyclic amines) is 1. The van der Waals surface area contributed by atoms with Crippen molar-refractivity contribution in [2.45, 2.75) is 19.8 Å². The molecule has 0 unspecified atom stereocenters. The van der Waals surface area contributed by atoms with Crippen molar-refractivity contribution in [2.24, 2.45) is 5.41 Å². The minimum absolute atomic E-state index is 0.220. The molecule has 0 aromatic carbocycles. The van der Waals surface area contributed by atoms with E-state index < -0.39 is 5.97 Å². The molecule has 0 amide bonds. The van der Waals surface area contributed by atoms with Crippen LogP contribution >= 0.6 is 0 Å². The highest BCUT2D eigenvalue weighted by Crippen LogP contribution is 2.30. The lowest BCUT2D eigenvalue weighted by atomic mass is 9.80. The fourth-order valence-corrected chi connectivity index (χ4v) is 2.37. The van der Waals surface area contributed by atoms with E-state index in [-0.39, 0.29) is 11.0 Å². The number of carboxylic acids is 1. The van der Waals surface area contributed by atoms with Gasteiger partial charge in [-0.15, -0.1) is 0 Å². The number of pyridine rings is 1. The minimum Gasteiger partial charge on any atom is -0.478 e. The highest BCUT2D eigenvalue weighted by Gasteiger charge is 2.28. The Morgan fingerprint density at radius 3 is 2.84 bits per heavy atom. The summed E-state index contributed by atoms with van der Waals surface area (Å²) < 4.78 is 0. The van der Waals surface area contributed by atoms with Crippen molar-refractivity contribution < 1.29 is 9.90 Å². The van der Waals surface area contributed by atoms with Gasteiger partial charge in [0.05, 0.1) is 17.4 Å². The van der Waals surface area contributed by atoms with Gasteiger partial charge in [0.25, 0.3) is 0 Å². The maximum atomic E-state index is 11.1. The lowest BCUT2D eigenvalue weighted by molar-refractivity contribution is 0.0697. The van der Waals surface area contributed by atoms with E-state index in [0.717, 1.165) is 32.5 Å². The smallest absolute Gasteiger partial charge is 0.337 e. The Balaban J connectivity index is 2.01. The molecule has 19 heavy (non-hydrogen) atoms. The molecular weight excluding hydrogens is 242 g/mol. The number of piperidine rings is 1. The first-order chi connectivity index (χ1) is 9.00. The van der Waals surface area contributed by atoms with E-state index in [0.29, 0.717) is 5.69 Å². The van der Waals surface area contributed by atoms with Crippen molar-refractivity contribution in [1.82, 2.24) is 9.88 Å². The second-order valence-electron chi connectivity index (χ2n) is 5.69. The zero-order chi connectivity index (χ0) is 13.9. The Kier molecular flexibility index (Phi) is 4.04. The van der Waals surface area contributed by atoms with Crippen LogP contribution in [0, 0.1) is 5.41 Å². The first-order valence-electron chi connectivity index (χ1n) is 6.60. The average Bonchev–Trinajstić information content (AvgIpc) is 2.41. The quantitative estimate of drug-likeness (QED) is 0.869. The molecule has 2 heterocycles. The van der Waals surface area contributed by atoms with Crippen molar-refractivity contribution >= 4 is 11.7 Å². The first-order valence-corrected chi connectivity index (χ1v) is 6.60. The third kappa shape index (κ3) is 3.44. The monoisotopic (exact) mass is 263 g/mol. The van der Waals surface area contributed by atoms with Crippen molar-refractivity contribution in [3.63, 3.8) is 0 Å². The number of aromatic carboxylic acids is 1. The maximum Gasteiger partial charge on any atom is 0.337 e. The first kappa shape index (κ1) is 13.8. The minimum atomic E-state index is -0.918. The predicted molar refractivity (Wildman–Crippen MR) is 74.5 cm³/mol. The molecule has 1 fully saturated rings. The Hall–Kier alpha value is -1.62. The molecule has 2 rings (SSSR count). The molecule has 1 saturated heterocycles. The molecule has 0 radical (unpaired) electrons. The van der Waals surface area contributed by atoms with Gasteiger partial charge in [-0.2, -0.15) is 0 Å². The van der Waals surface area contributed by atoms with E-state index in [2.05, 4.69) is 29.2 Å². The molecule has 0 aliphatic carbocycles. The molecule has 0 bridgehead atoms. The van der Waals surface area contributed by atoms with E-state index in [9.17, 15) is 4.79 Å². The maximum absolute atomic E-state index is 11.1. The fraction of sp³-hybridized carbons (Fsp3) is 0.571. The van der Waals surface area contributed by atoms with Crippen LogP contribution < -0.4 is 5.32 Å². The van der Waals surface area contributed by atoms with Crippen LogP contribution in [0.3, 0.4) is 0 Å². The molecule has 1 aromatic rings. The van der Waals surface area contributed by atoms with Gasteiger partial charge in [-0.1, -0.05) is 6.92 Å². The topological polar surface area (TPSA) is 65.5 Å². The number of anilines is 1. The molecule has 5 heteroatoms. The number of carbonyl (C=O) groups is 1. The van der Waals surface area contributed by atoms with E-state index in [1.54, 1.807) is 6.20 Å². The number of aromatic nitrogens is 1. The number of nitrogens with one attached hydrogen (secondary N) is 1. The summed E-state index contributed by atoms with van der Waals surface area (Å²) in [7, 11) is 2.14. The molecule has 1 aliphatic rings. The number of rotatable bonds is 4. The summed E-state index contributed by atoms with van der Waals surface area (Å²) >= 11 is 0. The Bertz CT molecular complexity index is 454. The largest absolute Gasteiger partial charge is 0.478 e. The molecule has 1 aliphatic heterocycles. The molecule has 0 spiro atoms. The number of carboxylic acid groups (broad SMARTS) is 1. The van der Waals surface area contributed by atoms with Crippen molar-refractivity contribution in [2.75, 3.05) is 32.0 Å². The molecule has 5 nitrogen and oxygen atoms in total. The third-order valence-electron chi connectivity index (χ3n) is 3.95. The molecule has 104 valence electrons. The van der Waals surface area contributed by atoms with E-state index >= 15 is 0 Å². The lowest BCUT2D eigenvalue weighted by Crippen LogP contribution is -2.40. The highest BCUT2D eigenvalue weighted by molar-refractivity contribution is 5.93. The summed E-state index contributed by atoms with van der Waals surface area (Å²) in [4.78, 5) is 17.4. The Morgan fingerprint density at radius 1 is 1.53 bits per heavy atom. The predicted octanol–water partition coefficient (Wildman–Crippen LogP) is 1.92. The lowest BCUT2D eigenvalue weighted by Gasteiger charge is -2.38. The van der Waals surface area contributed by atoms with Gasteiger partial charge in [0, 0.05) is 12.7 Å². The second-order valence-corrected chi connectivity index (χ2v) is 5.69. The normalized spacial score (nSPS) is 19.1. The van der Waals surface area contributed by atoms with Crippen molar-refractivity contribution in [1.29, 1.82) is 0 Å². The van der Waals surface area contributed by atoms with Gasteiger partial charge in [-0.05, 0) is 44.5 Å². The summed E-state index contributed by atoms with van der Waals surface area (Å²) in [6.07, 6.45) is 5.34. The van der Waals surface area contributed by atoms with E-state index in [1.807, 2.05) is 0 Å². The Labute approximate surface area is 113 Å². The van der Waals surface area contributed by atoms with Crippen LogP contribution in [0.4, 0.5) is 5.69 Å². The summed E-state index contributed by atoms with van der Waals surface area (Å²) in [6, 6.07) is 1.53. The number of hydrogen-bond acceptors (Lipinski definition) is 4. The van der Waals surface area contributed by atoms with Crippen LogP contribution in [-0.2, 0) is 0 Å². The zero-order valence-corrected chi connectivity index (χ0v) is 11.5. The standard InChI is InChI=1S/C14H21N3O2/c1-14(4-7-17(2)8-5-14)10-16-12-9-15-6-3-11(12)13(18)19/h3,6,9,16H,4-5,7-8,10H2,1-2H3,(H,18,19). The van der Waals surface area contributed by atoms with E-state index in [4.69, 9.17) is 5.11 Å². The number of hydrogen-bond donors (Lipinski definition) is 2. The molecule has 0 atom stereocenters. The van der Waals surface area contributed by atoms with Gasteiger partial charge in [0.15, 0.2) is 0 Å². The van der Waals surface area contributed by atoms with Gasteiger partial charge in [0.2, 0.25) is 0 Å². The van der Waals surface area contributed by atoms with Gasteiger partial charge in [0.1, 0.15) is 0 Å². The highest BCUT2D eigenvalue weighted by atomic mass is 16.4. The third-order valence-corrected chi connectivity index (χ3v) is 3.95. The molecule has 0 saturated carbocycles. The molecule has 1 aromatic heterocycles. The summed E-state index contributed by atoms with van der Waals surface area (Å²) in [5.74, 6) is -0.918. The van der Waals surface area contributed by atoms with Gasteiger partial charge >= 0.3 is 5.97 Å². The van der Waals surface area contributed by atoms with E-state index in [1.165, 1.54) is 12.3 Å². The van der Waals surface area contributed by atoms with Crippen LogP contribution in [0.15, 0.2) is 18.5 Å². The van der Waals surface area contributed by atoms with Crippen LogP contribution in [0.2, 0.25) is 0 Å². The van der Waals surface area contributed by atoms with Crippen molar-refractivity contribution in [3.05, 3.63) is 24.0 Å². The number of nitrogens with zero attached hydrogens (tertiary/aromatic N) is 2. The van der Waals surface area contributed by atoms with Gasteiger partial charge in [-0.25, -0.2) is 4.79 Å². The average molecular weight is 263 g/mol. The van der Waals surface area contributed by atoms with Gasteiger partial charge < -0.3 is 15.3 Å². The Morgan fingerprint density at radius 2 is 2.21 bits per heavy atom. The van der Waals surface area contributed by atoms with Gasteiger partial charge in [-0.3, -0.25) is 4.98 Å². The van der Waals surface area contributed by atoms with Crippen LogP contribution in [-0.4, -0.2) is 47.6 Å². The van der Waals surface area contributed by atoms with Crippen LogP contribution in [0.5, 0.6) is 0 Å².